The molecule has 0 fully saturated rings. The lowest BCUT2D eigenvalue weighted by atomic mass is 9.97. The number of hydrogen-bond donors (Lipinski definition) is 3. The van der Waals surface area contributed by atoms with E-state index in [2.05, 4.69) is 35.5 Å². The summed E-state index contributed by atoms with van der Waals surface area (Å²) in [5.41, 5.74) is 10.2. The number of fused-ring (bicyclic) bond motifs is 1. The monoisotopic (exact) mass is 549 g/mol. The predicted octanol–water partition coefficient (Wildman–Crippen LogP) is 1.94. The summed E-state index contributed by atoms with van der Waals surface area (Å²) >= 11 is 0. The molecule has 15 heteroatoms. The van der Waals surface area contributed by atoms with Crippen molar-refractivity contribution in [3.63, 3.8) is 0 Å². The lowest BCUT2D eigenvalue weighted by Crippen LogP contribution is -2.30. The van der Waals surface area contributed by atoms with Crippen molar-refractivity contribution in [1.82, 2.24) is 49.9 Å². The number of anilines is 1. The molecule has 0 saturated heterocycles. The number of carbonyl (C=O) groups is 1. The quantitative estimate of drug-likeness (QED) is 0.244. The summed E-state index contributed by atoms with van der Waals surface area (Å²) in [6, 6.07) is 3.74. The highest BCUT2D eigenvalue weighted by atomic mass is 32.2. The molecule has 5 heterocycles. The molecular formula is C24H27N11O3S. The fraction of sp³-hybridized carbons (Fsp3) is 0.292. The van der Waals surface area contributed by atoms with Crippen LogP contribution in [0.1, 0.15) is 42.0 Å². The Morgan fingerprint density at radius 2 is 1.97 bits per heavy atom. The molecule has 0 aliphatic carbocycles. The Morgan fingerprint density at radius 3 is 2.59 bits per heavy atom. The molecule has 39 heavy (non-hydrogen) atoms. The predicted molar refractivity (Wildman–Crippen MR) is 142 cm³/mol. The third-order valence-corrected chi connectivity index (χ3v) is 7.72. The van der Waals surface area contributed by atoms with E-state index in [0.717, 1.165) is 23.1 Å². The molecule has 5 aromatic heterocycles. The maximum Gasteiger partial charge on any atom is 0.290 e. The van der Waals surface area contributed by atoms with E-state index < -0.39 is 9.84 Å². The van der Waals surface area contributed by atoms with E-state index >= 15 is 0 Å². The molecule has 0 radical (unpaired) electrons. The molecule has 0 saturated carbocycles. The standard InChI is InChI=1S/C24H27N11O3S/c1-4-14(7-8-34(2)24(36)22-27-13-30-33-22)19-20(39(3,37)38)21(25)35-23(32-19)17(12-31-35)15-5-6-18(26-9-15)16-10-28-29-11-16/h5-6,9-14H,4,7-8,25H2,1-3H3,(H,28,29)(H,27,30,33)/t14-/m0/s1. The van der Waals surface area contributed by atoms with Crippen LogP contribution in [-0.4, -0.2) is 84.0 Å². The van der Waals surface area contributed by atoms with Crippen LogP contribution in [0, 0.1) is 0 Å². The van der Waals surface area contributed by atoms with Crippen molar-refractivity contribution < 1.29 is 13.2 Å². The van der Waals surface area contributed by atoms with E-state index in [1.807, 2.05) is 19.1 Å². The first kappa shape index (κ1) is 26.0. The number of nitrogens with two attached hydrogens (primary N) is 1. The Kier molecular flexibility index (Phi) is 6.82. The minimum absolute atomic E-state index is 0.0173. The molecule has 0 unspecified atom stereocenters. The van der Waals surface area contributed by atoms with Gasteiger partial charge in [0.2, 0.25) is 5.82 Å². The number of nitrogens with one attached hydrogen (secondary N) is 2. The van der Waals surface area contributed by atoms with E-state index in [-0.39, 0.29) is 28.4 Å². The molecule has 0 aromatic carbocycles. The number of amides is 1. The average molecular weight is 550 g/mol. The van der Waals surface area contributed by atoms with Gasteiger partial charge in [-0.1, -0.05) is 13.0 Å². The summed E-state index contributed by atoms with van der Waals surface area (Å²) in [6.45, 7) is 2.27. The highest BCUT2D eigenvalue weighted by molar-refractivity contribution is 7.91. The number of nitrogens with zero attached hydrogens (tertiary/aromatic N) is 8. The van der Waals surface area contributed by atoms with Gasteiger partial charge in [-0.2, -0.15) is 19.8 Å². The summed E-state index contributed by atoms with van der Waals surface area (Å²) in [7, 11) is -2.11. The van der Waals surface area contributed by atoms with Crippen LogP contribution in [0.25, 0.3) is 28.0 Å². The van der Waals surface area contributed by atoms with E-state index in [9.17, 15) is 13.2 Å². The van der Waals surface area contributed by atoms with Gasteiger partial charge in [0.25, 0.3) is 5.91 Å². The van der Waals surface area contributed by atoms with Gasteiger partial charge in [0.1, 0.15) is 17.0 Å². The summed E-state index contributed by atoms with van der Waals surface area (Å²) in [5.74, 6) is -0.520. The summed E-state index contributed by atoms with van der Waals surface area (Å²) in [5, 5.41) is 17.3. The zero-order valence-corrected chi connectivity index (χ0v) is 22.3. The molecule has 5 aromatic rings. The molecule has 0 bridgehead atoms. The molecule has 5 rings (SSSR count). The van der Waals surface area contributed by atoms with Crippen LogP contribution in [-0.2, 0) is 9.84 Å². The number of carbonyl (C=O) groups excluding carboxylic acids is 1. The second-order valence-corrected chi connectivity index (χ2v) is 11.1. The van der Waals surface area contributed by atoms with Crippen LogP contribution >= 0.6 is 0 Å². The topological polar surface area (TPSA) is 194 Å². The Labute approximate surface area is 223 Å². The number of pyridine rings is 1. The maximum absolute atomic E-state index is 12.9. The number of H-pyrrole nitrogens is 2. The maximum atomic E-state index is 12.9. The summed E-state index contributed by atoms with van der Waals surface area (Å²) in [6.07, 6.45) is 10.1. The SMILES string of the molecule is CC[C@@H](CCN(C)C(=O)c1ncn[nH]1)c1nc2c(-c3ccc(-c4cn[nH]c4)nc3)cnn2c(N)c1S(C)(=O)=O. The number of nitrogen functional groups attached to an aromatic ring is 1. The first-order chi connectivity index (χ1) is 18.7. The normalized spacial score (nSPS) is 12.6. The Bertz CT molecular complexity index is 1710. The lowest BCUT2D eigenvalue weighted by Gasteiger charge is -2.22. The van der Waals surface area contributed by atoms with Crippen molar-refractivity contribution in [1.29, 1.82) is 0 Å². The number of rotatable bonds is 9. The molecule has 1 amide bonds. The van der Waals surface area contributed by atoms with Gasteiger partial charge >= 0.3 is 0 Å². The van der Waals surface area contributed by atoms with Gasteiger partial charge < -0.3 is 10.6 Å². The molecule has 4 N–H and O–H groups in total. The number of aromatic nitrogens is 9. The Morgan fingerprint density at radius 1 is 1.15 bits per heavy atom. The van der Waals surface area contributed by atoms with Crippen molar-refractivity contribution in [3.8, 4) is 22.4 Å². The Hall–Kier alpha value is -4.66. The van der Waals surface area contributed by atoms with Gasteiger partial charge in [0.05, 0.1) is 23.8 Å². The fourth-order valence-electron chi connectivity index (χ4n) is 4.47. The molecule has 1 atom stereocenters. The third kappa shape index (κ3) is 4.95. The number of aromatic amines is 2. The van der Waals surface area contributed by atoms with Crippen LogP contribution in [0.3, 0.4) is 0 Å². The number of hydrogen-bond acceptors (Lipinski definition) is 10. The van der Waals surface area contributed by atoms with Gasteiger partial charge in [-0.3, -0.25) is 20.0 Å². The van der Waals surface area contributed by atoms with Crippen molar-refractivity contribution >= 4 is 27.2 Å². The largest absolute Gasteiger partial charge is 0.382 e. The van der Waals surface area contributed by atoms with Crippen molar-refractivity contribution in [3.05, 3.63) is 54.8 Å². The molecule has 14 nitrogen and oxygen atoms in total. The molecule has 0 aliphatic heterocycles. The summed E-state index contributed by atoms with van der Waals surface area (Å²) in [4.78, 5) is 27.3. The summed E-state index contributed by atoms with van der Waals surface area (Å²) < 4.78 is 27.1. The van der Waals surface area contributed by atoms with Crippen molar-refractivity contribution in [2.24, 2.45) is 0 Å². The van der Waals surface area contributed by atoms with Crippen LogP contribution in [0.2, 0.25) is 0 Å². The van der Waals surface area contributed by atoms with E-state index in [1.165, 1.54) is 15.7 Å². The zero-order valence-electron chi connectivity index (χ0n) is 21.5. The van der Waals surface area contributed by atoms with Gasteiger partial charge in [-0.05, 0) is 18.9 Å². The minimum Gasteiger partial charge on any atom is -0.382 e. The minimum atomic E-state index is -3.76. The van der Waals surface area contributed by atoms with Crippen LogP contribution in [0.4, 0.5) is 5.82 Å². The third-order valence-electron chi connectivity index (χ3n) is 6.56. The van der Waals surface area contributed by atoms with E-state index in [1.54, 1.807) is 31.8 Å². The Balaban J connectivity index is 1.53. The van der Waals surface area contributed by atoms with Crippen LogP contribution in [0.15, 0.2) is 48.1 Å². The highest BCUT2D eigenvalue weighted by Crippen LogP contribution is 2.35. The first-order valence-corrected chi connectivity index (χ1v) is 14.0. The van der Waals surface area contributed by atoms with Gasteiger partial charge in [0.15, 0.2) is 15.5 Å². The van der Waals surface area contributed by atoms with E-state index in [4.69, 9.17) is 10.7 Å². The fourth-order valence-corrected chi connectivity index (χ4v) is 5.53. The van der Waals surface area contributed by atoms with Crippen molar-refractivity contribution in [2.75, 3.05) is 25.6 Å². The second kappa shape index (κ2) is 10.2. The highest BCUT2D eigenvalue weighted by Gasteiger charge is 2.29. The van der Waals surface area contributed by atoms with E-state index in [0.29, 0.717) is 36.3 Å². The van der Waals surface area contributed by atoms with Gasteiger partial charge in [0, 0.05) is 54.9 Å². The average Bonchev–Trinajstić information content (AvgIpc) is 3.70. The second-order valence-electron chi connectivity index (χ2n) is 9.15. The van der Waals surface area contributed by atoms with Crippen LogP contribution < -0.4 is 5.73 Å². The van der Waals surface area contributed by atoms with Crippen LogP contribution in [0.5, 0.6) is 0 Å². The smallest absolute Gasteiger partial charge is 0.290 e. The van der Waals surface area contributed by atoms with Crippen molar-refractivity contribution in [2.45, 2.75) is 30.6 Å². The van der Waals surface area contributed by atoms with Gasteiger partial charge in [-0.25, -0.2) is 18.4 Å². The first-order valence-electron chi connectivity index (χ1n) is 12.1. The van der Waals surface area contributed by atoms with Gasteiger partial charge in [-0.15, -0.1) is 0 Å². The molecule has 202 valence electrons. The number of sulfone groups is 1. The zero-order chi connectivity index (χ0) is 27.7. The lowest BCUT2D eigenvalue weighted by molar-refractivity contribution is 0.0778. The molecule has 0 aliphatic rings. The molecule has 0 spiro atoms. The molecular weight excluding hydrogens is 522 g/mol.